The van der Waals surface area contributed by atoms with Crippen LogP contribution in [0.4, 0.5) is 0 Å². The third-order valence-electron chi connectivity index (χ3n) is 6.65. The van der Waals surface area contributed by atoms with Gasteiger partial charge in [0.2, 0.25) is 0 Å². The molecule has 1 unspecified atom stereocenters. The van der Waals surface area contributed by atoms with Crippen LogP contribution >= 0.6 is 11.3 Å². The summed E-state index contributed by atoms with van der Waals surface area (Å²) in [6.07, 6.45) is 7.95. The van der Waals surface area contributed by atoms with Crippen LogP contribution in [-0.2, 0) is 5.41 Å². The van der Waals surface area contributed by atoms with Crippen LogP contribution in [0, 0.1) is 5.41 Å². The number of nitrogens with two attached hydrogens (primary N) is 1. The average molecular weight is 386 g/mol. The third kappa shape index (κ3) is 3.20. The van der Waals surface area contributed by atoms with Gasteiger partial charge in [-0.2, -0.15) is 0 Å². The van der Waals surface area contributed by atoms with Crippen LogP contribution in [0.25, 0.3) is 0 Å². The highest BCUT2D eigenvalue weighted by Gasteiger charge is 2.45. The quantitative estimate of drug-likeness (QED) is 0.683. The van der Waals surface area contributed by atoms with Gasteiger partial charge in [-0.15, -0.1) is 11.3 Å². The number of nitrogens with zero attached hydrogens (tertiary/aromatic N) is 1. The molecule has 0 radical (unpaired) electrons. The van der Waals surface area contributed by atoms with Gasteiger partial charge in [0.15, 0.2) is 0 Å². The standard InChI is InChI=1S/C21H27N3O2S/c22-13-20(7-2-8-20)17-6-5-15(12-23-17)19(26)24-18(16-4-1-11-27-16)21(14-25)9-3-10-21/h1,4-6,11-12,18,25H,2-3,7-10,13-14,22H2,(H,24,26). The van der Waals surface area contributed by atoms with Crippen LogP contribution < -0.4 is 11.1 Å². The summed E-state index contributed by atoms with van der Waals surface area (Å²) in [5.41, 5.74) is 7.27. The van der Waals surface area contributed by atoms with Gasteiger partial charge in [0.1, 0.15) is 0 Å². The van der Waals surface area contributed by atoms with E-state index in [-0.39, 0.29) is 29.4 Å². The Balaban J connectivity index is 1.53. The molecule has 2 aromatic rings. The molecular formula is C21H27N3O2S. The summed E-state index contributed by atoms with van der Waals surface area (Å²) in [5, 5.41) is 15.2. The second-order valence-corrected chi connectivity index (χ2v) is 9.05. The van der Waals surface area contributed by atoms with Crippen molar-refractivity contribution in [3.8, 4) is 0 Å². The Labute approximate surface area is 164 Å². The molecule has 1 atom stereocenters. The molecule has 1 amide bonds. The first-order valence-corrected chi connectivity index (χ1v) is 10.6. The van der Waals surface area contributed by atoms with E-state index in [0.717, 1.165) is 42.7 Å². The highest BCUT2D eigenvalue weighted by molar-refractivity contribution is 7.10. The smallest absolute Gasteiger partial charge is 0.253 e. The maximum Gasteiger partial charge on any atom is 0.253 e. The third-order valence-corrected chi connectivity index (χ3v) is 7.59. The minimum Gasteiger partial charge on any atom is -0.396 e. The molecule has 0 aliphatic heterocycles. The zero-order valence-corrected chi connectivity index (χ0v) is 16.3. The Morgan fingerprint density at radius 3 is 2.48 bits per heavy atom. The van der Waals surface area contributed by atoms with Crippen molar-refractivity contribution in [1.82, 2.24) is 10.3 Å². The first-order valence-electron chi connectivity index (χ1n) is 9.74. The molecule has 27 heavy (non-hydrogen) atoms. The van der Waals surface area contributed by atoms with Crippen LogP contribution in [0.3, 0.4) is 0 Å². The molecule has 0 bridgehead atoms. The van der Waals surface area contributed by atoms with Gasteiger partial charge in [0, 0.05) is 34.1 Å². The van der Waals surface area contributed by atoms with E-state index in [2.05, 4.69) is 10.3 Å². The van der Waals surface area contributed by atoms with Gasteiger partial charge in [0.25, 0.3) is 5.91 Å². The lowest BCUT2D eigenvalue weighted by Gasteiger charge is -2.46. The molecule has 2 heterocycles. The number of amides is 1. The van der Waals surface area contributed by atoms with Gasteiger partial charge in [-0.25, -0.2) is 0 Å². The predicted molar refractivity (Wildman–Crippen MR) is 107 cm³/mol. The zero-order valence-electron chi connectivity index (χ0n) is 15.5. The maximum atomic E-state index is 12.9. The fourth-order valence-corrected chi connectivity index (χ4v) is 5.29. The summed E-state index contributed by atoms with van der Waals surface area (Å²) >= 11 is 1.62. The molecule has 144 valence electrons. The number of hydrogen-bond acceptors (Lipinski definition) is 5. The Kier molecular flexibility index (Phi) is 5.05. The number of hydrogen-bond donors (Lipinski definition) is 3. The van der Waals surface area contributed by atoms with Crippen LogP contribution in [-0.4, -0.2) is 29.1 Å². The van der Waals surface area contributed by atoms with E-state index >= 15 is 0 Å². The number of pyridine rings is 1. The Morgan fingerprint density at radius 1 is 1.26 bits per heavy atom. The maximum absolute atomic E-state index is 12.9. The molecule has 0 aromatic carbocycles. The number of aliphatic hydroxyl groups is 1. The van der Waals surface area contributed by atoms with Crippen LogP contribution in [0.15, 0.2) is 35.8 Å². The van der Waals surface area contributed by atoms with Crippen molar-refractivity contribution in [2.45, 2.75) is 50.0 Å². The number of thiophene rings is 1. The molecule has 0 saturated heterocycles. The molecule has 4 N–H and O–H groups in total. The number of aliphatic hydroxyl groups excluding tert-OH is 1. The van der Waals surface area contributed by atoms with E-state index < -0.39 is 0 Å². The molecule has 2 aromatic heterocycles. The Bertz CT molecular complexity index is 769. The fraction of sp³-hybridized carbons (Fsp3) is 0.524. The lowest BCUT2D eigenvalue weighted by Crippen LogP contribution is -2.47. The highest BCUT2D eigenvalue weighted by Crippen LogP contribution is 2.50. The summed E-state index contributed by atoms with van der Waals surface area (Å²) in [6.45, 7) is 0.692. The van der Waals surface area contributed by atoms with Crippen molar-refractivity contribution in [2.75, 3.05) is 13.2 Å². The Morgan fingerprint density at radius 2 is 2.04 bits per heavy atom. The second kappa shape index (κ2) is 7.34. The lowest BCUT2D eigenvalue weighted by atomic mass is 9.64. The van der Waals surface area contributed by atoms with Gasteiger partial charge < -0.3 is 16.2 Å². The minimum absolute atomic E-state index is 0.00138. The van der Waals surface area contributed by atoms with Crippen LogP contribution in [0.1, 0.15) is 65.5 Å². The summed E-state index contributed by atoms with van der Waals surface area (Å²) in [6, 6.07) is 7.67. The van der Waals surface area contributed by atoms with Crippen molar-refractivity contribution in [3.05, 3.63) is 52.0 Å². The van der Waals surface area contributed by atoms with Gasteiger partial charge in [0.05, 0.1) is 18.2 Å². The topological polar surface area (TPSA) is 88.2 Å². The lowest BCUT2D eigenvalue weighted by molar-refractivity contribution is 0.00710. The van der Waals surface area contributed by atoms with Gasteiger partial charge in [-0.1, -0.05) is 18.9 Å². The molecule has 2 aliphatic rings. The number of aromatic nitrogens is 1. The van der Waals surface area contributed by atoms with E-state index in [1.54, 1.807) is 17.5 Å². The van der Waals surface area contributed by atoms with Crippen molar-refractivity contribution in [1.29, 1.82) is 0 Å². The number of carbonyl (C=O) groups excluding carboxylic acids is 1. The number of rotatable bonds is 7. The Hall–Kier alpha value is -1.76. The number of nitrogens with one attached hydrogen (secondary N) is 1. The first-order chi connectivity index (χ1) is 13.1. The van der Waals surface area contributed by atoms with E-state index in [1.165, 1.54) is 6.42 Å². The normalized spacial score (nSPS) is 21.0. The number of carbonyl (C=O) groups is 1. The van der Waals surface area contributed by atoms with Crippen LogP contribution in [0.2, 0.25) is 0 Å². The molecule has 0 spiro atoms. The van der Waals surface area contributed by atoms with E-state index in [0.29, 0.717) is 12.1 Å². The van der Waals surface area contributed by atoms with Crippen molar-refractivity contribution >= 4 is 17.2 Å². The van der Waals surface area contributed by atoms with E-state index in [4.69, 9.17) is 5.73 Å². The fourth-order valence-electron chi connectivity index (χ4n) is 4.38. The van der Waals surface area contributed by atoms with E-state index in [1.807, 2.05) is 29.6 Å². The highest BCUT2D eigenvalue weighted by atomic mass is 32.1. The molecule has 6 heteroatoms. The zero-order chi connectivity index (χ0) is 18.9. The summed E-state index contributed by atoms with van der Waals surface area (Å²) in [7, 11) is 0. The molecule has 2 aliphatic carbocycles. The summed E-state index contributed by atoms with van der Waals surface area (Å²) in [4.78, 5) is 18.6. The van der Waals surface area contributed by atoms with Gasteiger partial charge in [-0.05, 0) is 49.3 Å². The minimum atomic E-state index is -0.247. The molecule has 4 rings (SSSR count). The predicted octanol–water partition coefficient (Wildman–Crippen LogP) is 3.16. The van der Waals surface area contributed by atoms with Crippen molar-refractivity contribution in [3.63, 3.8) is 0 Å². The van der Waals surface area contributed by atoms with Gasteiger partial charge in [-0.3, -0.25) is 9.78 Å². The summed E-state index contributed by atoms with van der Waals surface area (Å²) in [5.74, 6) is -0.136. The summed E-state index contributed by atoms with van der Waals surface area (Å²) < 4.78 is 0. The molecule has 2 saturated carbocycles. The SMILES string of the molecule is NCC1(c2ccc(C(=O)NC(c3cccs3)C3(CO)CCC3)cn2)CCC1. The monoisotopic (exact) mass is 385 g/mol. The van der Waals surface area contributed by atoms with Crippen molar-refractivity contribution < 1.29 is 9.90 Å². The van der Waals surface area contributed by atoms with Gasteiger partial charge >= 0.3 is 0 Å². The average Bonchev–Trinajstić information content (AvgIpc) is 3.15. The molecule has 5 nitrogen and oxygen atoms in total. The largest absolute Gasteiger partial charge is 0.396 e. The molecule has 2 fully saturated rings. The first kappa shape index (κ1) is 18.6. The second-order valence-electron chi connectivity index (χ2n) is 8.07. The molecular weight excluding hydrogens is 358 g/mol. The van der Waals surface area contributed by atoms with E-state index in [9.17, 15) is 9.90 Å². The van der Waals surface area contributed by atoms with Crippen molar-refractivity contribution in [2.24, 2.45) is 11.1 Å². The van der Waals surface area contributed by atoms with Crippen LogP contribution in [0.5, 0.6) is 0 Å².